The second-order valence-electron chi connectivity index (χ2n) is 5.95. The van der Waals surface area contributed by atoms with Gasteiger partial charge in [-0.25, -0.2) is 14.6 Å². The quantitative estimate of drug-likeness (QED) is 0.671. The van der Waals surface area contributed by atoms with Crippen molar-refractivity contribution < 1.29 is 17.6 Å². The van der Waals surface area contributed by atoms with E-state index in [1.54, 1.807) is 17.1 Å². The van der Waals surface area contributed by atoms with E-state index in [2.05, 4.69) is 34.6 Å². The van der Waals surface area contributed by atoms with E-state index in [9.17, 15) is 13.2 Å². The minimum absolute atomic E-state index is 0.0428. The van der Waals surface area contributed by atoms with Gasteiger partial charge in [0.15, 0.2) is 5.82 Å². The van der Waals surface area contributed by atoms with Crippen LogP contribution >= 0.6 is 0 Å². The smallest absolute Gasteiger partial charge is 0.416 e. The predicted octanol–water partition coefficient (Wildman–Crippen LogP) is 1.39. The largest absolute Gasteiger partial charge is 0.470 e. The molecule has 0 radical (unpaired) electrons. The molecule has 0 unspecified atom stereocenters. The Labute approximate surface area is 151 Å². The van der Waals surface area contributed by atoms with Gasteiger partial charge < -0.3 is 9.32 Å². The predicted molar refractivity (Wildman–Crippen MR) is 85.9 cm³/mol. The lowest BCUT2D eigenvalue weighted by Gasteiger charge is -2.34. The van der Waals surface area contributed by atoms with Gasteiger partial charge in [-0.3, -0.25) is 4.90 Å². The van der Waals surface area contributed by atoms with E-state index in [1.807, 2.05) is 17.0 Å². The van der Waals surface area contributed by atoms with Crippen LogP contribution in [0.4, 0.5) is 19.0 Å². The van der Waals surface area contributed by atoms with Crippen molar-refractivity contribution in [3.63, 3.8) is 0 Å². The Morgan fingerprint density at radius 3 is 2.48 bits per heavy atom. The van der Waals surface area contributed by atoms with E-state index in [0.29, 0.717) is 32.0 Å². The lowest BCUT2D eigenvalue weighted by Crippen LogP contribution is -2.46. The van der Waals surface area contributed by atoms with Gasteiger partial charge in [-0.05, 0) is 6.07 Å². The summed E-state index contributed by atoms with van der Waals surface area (Å²) in [6.45, 7) is 2.76. The summed E-state index contributed by atoms with van der Waals surface area (Å²) in [6, 6.07) is 3.65. The first-order chi connectivity index (χ1) is 13.0. The van der Waals surface area contributed by atoms with Gasteiger partial charge in [0.2, 0.25) is 5.89 Å². The number of hydrogen-bond donors (Lipinski definition) is 0. The second kappa shape index (κ2) is 6.95. The van der Waals surface area contributed by atoms with Crippen LogP contribution in [0.1, 0.15) is 11.8 Å². The summed E-state index contributed by atoms with van der Waals surface area (Å²) in [5, 5.41) is 10.7. The third-order valence-electron chi connectivity index (χ3n) is 4.14. The summed E-state index contributed by atoms with van der Waals surface area (Å²) < 4.78 is 43.9. The van der Waals surface area contributed by atoms with Crippen LogP contribution in [0.3, 0.4) is 0 Å². The highest BCUT2D eigenvalue weighted by Gasteiger charge is 2.38. The number of nitrogens with zero attached hydrogens (tertiary/aromatic N) is 8. The van der Waals surface area contributed by atoms with Gasteiger partial charge >= 0.3 is 12.1 Å². The molecule has 4 heterocycles. The van der Waals surface area contributed by atoms with Crippen LogP contribution in [0.25, 0.3) is 5.82 Å². The van der Waals surface area contributed by atoms with Crippen LogP contribution in [0.2, 0.25) is 0 Å². The number of rotatable bonds is 4. The van der Waals surface area contributed by atoms with Crippen LogP contribution in [0.15, 0.2) is 35.3 Å². The topological polar surface area (TPSA) is 89.0 Å². The van der Waals surface area contributed by atoms with Gasteiger partial charge in [-0.15, -0.1) is 10.2 Å². The Balaban J connectivity index is 1.37. The van der Waals surface area contributed by atoms with Gasteiger partial charge in [-0.2, -0.15) is 18.3 Å². The average Bonchev–Trinajstić information content (AvgIpc) is 3.34. The van der Waals surface area contributed by atoms with Gasteiger partial charge in [0.1, 0.15) is 12.1 Å². The second-order valence-corrected chi connectivity index (χ2v) is 5.95. The van der Waals surface area contributed by atoms with Gasteiger partial charge in [0.25, 0.3) is 0 Å². The molecule has 142 valence electrons. The highest BCUT2D eigenvalue weighted by Crippen LogP contribution is 2.28. The van der Waals surface area contributed by atoms with Crippen molar-refractivity contribution in [1.82, 2.24) is 34.8 Å². The molecule has 0 atom stereocenters. The van der Waals surface area contributed by atoms with E-state index in [-0.39, 0.29) is 12.4 Å². The zero-order valence-electron chi connectivity index (χ0n) is 14.0. The third-order valence-corrected chi connectivity index (χ3v) is 4.14. The summed E-state index contributed by atoms with van der Waals surface area (Å²) in [5.74, 6) is 0.0762. The molecule has 1 fully saturated rings. The van der Waals surface area contributed by atoms with Gasteiger partial charge in [0.05, 0.1) is 6.54 Å². The summed E-state index contributed by atoms with van der Waals surface area (Å²) in [6.07, 6.45) is 0.324. The summed E-state index contributed by atoms with van der Waals surface area (Å²) in [5.41, 5.74) is 0. The Morgan fingerprint density at radius 1 is 1.04 bits per heavy atom. The van der Waals surface area contributed by atoms with Crippen molar-refractivity contribution in [2.75, 3.05) is 31.1 Å². The maximum absolute atomic E-state index is 12.5. The van der Waals surface area contributed by atoms with E-state index in [1.165, 1.54) is 6.33 Å². The molecule has 1 saturated heterocycles. The number of halogens is 3. The summed E-state index contributed by atoms with van der Waals surface area (Å²) >= 11 is 0. The monoisotopic (exact) mass is 380 g/mol. The lowest BCUT2D eigenvalue weighted by molar-refractivity contribution is -0.157. The maximum atomic E-state index is 12.5. The molecule has 3 aromatic rings. The first-order valence-corrected chi connectivity index (χ1v) is 8.18. The standard InChI is InChI=1S/C15H15F3N8O/c16-15(17,18)14-23-22-13(27-14)9-24-4-6-25(7-5-24)11-8-12(20-10-19-11)26-3-1-2-21-26/h1-3,8,10H,4-7,9H2. The summed E-state index contributed by atoms with van der Waals surface area (Å²) in [7, 11) is 0. The minimum Gasteiger partial charge on any atom is -0.416 e. The van der Waals surface area contributed by atoms with E-state index in [4.69, 9.17) is 0 Å². The van der Waals surface area contributed by atoms with Crippen molar-refractivity contribution in [3.05, 3.63) is 42.6 Å². The van der Waals surface area contributed by atoms with Crippen LogP contribution in [0.5, 0.6) is 0 Å². The highest BCUT2D eigenvalue weighted by molar-refractivity contribution is 5.43. The fourth-order valence-electron chi connectivity index (χ4n) is 2.80. The van der Waals surface area contributed by atoms with Crippen LogP contribution in [-0.4, -0.2) is 61.0 Å². The molecule has 12 heteroatoms. The molecule has 4 rings (SSSR count). The number of aromatic nitrogens is 6. The molecule has 0 bridgehead atoms. The number of hydrogen-bond acceptors (Lipinski definition) is 8. The molecule has 0 N–H and O–H groups in total. The fraction of sp³-hybridized carbons (Fsp3) is 0.400. The highest BCUT2D eigenvalue weighted by atomic mass is 19.4. The number of anilines is 1. The molecule has 1 aliphatic rings. The molecule has 1 aliphatic heterocycles. The molecule has 0 spiro atoms. The van der Waals surface area contributed by atoms with Crippen molar-refractivity contribution in [2.24, 2.45) is 0 Å². The molecular formula is C15H15F3N8O. The maximum Gasteiger partial charge on any atom is 0.470 e. The van der Waals surface area contributed by atoms with Gasteiger partial charge in [0, 0.05) is 44.6 Å². The number of piperazine rings is 1. The molecule has 0 amide bonds. The minimum atomic E-state index is -4.62. The van der Waals surface area contributed by atoms with Crippen molar-refractivity contribution in [2.45, 2.75) is 12.7 Å². The molecule has 27 heavy (non-hydrogen) atoms. The van der Waals surface area contributed by atoms with Crippen molar-refractivity contribution >= 4 is 5.82 Å². The van der Waals surface area contributed by atoms with Crippen molar-refractivity contribution in [3.8, 4) is 5.82 Å². The molecule has 0 aliphatic carbocycles. The van der Waals surface area contributed by atoms with Crippen LogP contribution < -0.4 is 4.90 Å². The van der Waals surface area contributed by atoms with Crippen LogP contribution in [-0.2, 0) is 12.7 Å². The Hall–Kier alpha value is -3.02. The normalized spacial score (nSPS) is 16.0. The number of alkyl halides is 3. The average molecular weight is 380 g/mol. The first-order valence-electron chi connectivity index (χ1n) is 8.18. The van der Waals surface area contributed by atoms with E-state index in [0.717, 1.165) is 5.82 Å². The molecule has 0 saturated carbocycles. The zero-order valence-corrected chi connectivity index (χ0v) is 14.0. The molecule has 9 nitrogen and oxygen atoms in total. The fourth-order valence-corrected chi connectivity index (χ4v) is 2.80. The zero-order chi connectivity index (χ0) is 18.9. The third kappa shape index (κ3) is 3.89. The SMILES string of the molecule is FC(F)(F)c1nnc(CN2CCN(c3cc(-n4cccn4)ncn3)CC2)o1. The Morgan fingerprint density at radius 2 is 1.81 bits per heavy atom. The summed E-state index contributed by atoms with van der Waals surface area (Å²) in [4.78, 5) is 12.5. The Kier molecular flexibility index (Phi) is 4.48. The van der Waals surface area contributed by atoms with E-state index < -0.39 is 12.1 Å². The van der Waals surface area contributed by atoms with Gasteiger partial charge in [-0.1, -0.05) is 0 Å². The molecule has 3 aromatic heterocycles. The Bertz CT molecular complexity index is 887. The lowest BCUT2D eigenvalue weighted by atomic mass is 10.3. The molecular weight excluding hydrogens is 365 g/mol. The van der Waals surface area contributed by atoms with Crippen molar-refractivity contribution in [1.29, 1.82) is 0 Å². The first kappa shape index (κ1) is 17.4. The molecule has 0 aromatic carbocycles. The van der Waals surface area contributed by atoms with Crippen LogP contribution in [0, 0.1) is 0 Å². The van der Waals surface area contributed by atoms with E-state index >= 15 is 0 Å².